The normalized spacial score (nSPS) is 10.5. The topological polar surface area (TPSA) is 76.0 Å². The van der Waals surface area contributed by atoms with E-state index in [4.69, 9.17) is 28.3 Å². The van der Waals surface area contributed by atoms with Crippen molar-refractivity contribution in [2.75, 3.05) is 0 Å². The minimum absolute atomic E-state index is 0.0799. The summed E-state index contributed by atoms with van der Waals surface area (Å²) in [5.74, 6) is -0.776. The van der Waals surface area contributed by atoms with Crippen LogP contribution in [0.1, 0.15) is 23.0 Å². The van der Waals surface area contributed by atoms with Crippen molar-refractivity contribution >= 4 is 29.2 Å². The van der Waals surface area contributed by atoms with Crippen molar-refractivity contribution in [2.24, 2.45) is 0 Å². The summed E-state index contributed by atoms with van der Waals surface area (Å²) in [6.07, 6.45) is 3.17. The number of nitrogens with zero attached hydrogens (tertiary/aromatic N) is 3. The number of aromatic nitrogens is 3. The third kappa shape index (κ3) is 2.83. The zero-order valence-electron chi connectivity index (χ0n) is 9.89. The fourth-order valence-corrected chi connectivity index (χ4v) is 2.02. The van der Waals surface area contributed by atoms with E-state index in [9.17, 15) is 4.79 Å². The highest BCUT2D eigenvalue weighted by Gasteiger charge is 2.15. The molecular formula is C12H9Cl2N3O2. The molecule has 0 atom stereocenters. The summed E-state index contributed by atoms with van der Waals surface area (Å²) in [7, 11) is 0. The van der Waals surface area contributed by atoms with E-state index >= 15 is 0 Å². The number of aryl methyl sites for hydroxylation is 1. The summed E-state index contributed by atoms with van der Waals surface area (Å²) in [6, 6.07) is 1.53. The van der Waals surface area contributed by atoms with Gasteiger partial charge in [0.15, 0.2) is 5.82 Å². The third-order valence-corrected chi connectivity index (χ3v) is 2.95. The van der Waals surface area contributed by atoms with Gasteiger partial charge in [0.25, 0.3) is 0 Å². The number of rotatable bonds is 3. The molecule has 1 N–H and O–H groups in total. The maximum absolute atomic E-state index is 11.0. The standard InChI is InChI=1S/C12H9Cl2N3O2/c1-2-9-7(12(18)19)5-16-11(17-9)10-8(14)3-6(13)4-15-10/h3-5H,2H2,1H3,(H,18,19). The molecule has 0 fully saturated rings. The molecule has 19 heavy (non-hydrogen) atoms. The molecule has 2 heterocycles. The van der Waals surface area contributed by atoms with Crippen molar-refractivity contribution in [2.45, 2.75) is 13.3 Å². The molecule has 0 bridgehead atoms. The number of carbonyl (C=O) groups is 1. The molecule has 0 amide bonds. The van der Waals surface area contributed by atoms with E-state index in [1.165, 1.54) is 18.5 Å². The summed E-state index contributed by atoms with van der Waals surface area (Å²) in [5.41, 5.74) is 0.888. The van der Waals surface area contributed by atoms with Crippen molar-refractivity contribution in [3.8, 4) is 11.5 Å². The molecule has 0 saturated carbocycles. The summed E-state index contributed by atoms with van der Waals surface area (Å²) < 4.78 is 0. The van der Waals surface area contributed by atoms with Gasteiger partial charge in [-0.05, 0) is 12.5 Å². The SMILES string of the molecule is CCc1nc(-c2ncc(Cl)cc2Cl)ncc1C(=O)O. The number of carboxylic acid groups (broad SMARTS) is 1. The van der Waals surface area contributed by atoms with Gasteiger partial charge >= 0.3 is 5.97 Å². The van der Waals surface area contributed by atoms with Gasteiger partial charge in [-0.2, -0.15) is 0 Å². The van der Waals surface area contributed by atoms with Gasteiger partial charge in [0.05, 0.1) is 21.3 Å². The first-order chi connectivity index (χ1) is 9.02. The molecule has 0 spiro atoms. The summed E-state index contributed by atoms with van der Waals surface area (Å²) in [6.45, 7) is 1.81. The quantitative estimate of drug-likeness (QED) is 0.942. The third-order valence-electron chi connectivity index (χ3n) is 2.45. The highest BCUT2D eigenvalue weighted by Crippen LogP contribution is 2.25. The molecule has 0 radical (unpaired) electrons. The molecule has 0 aliphatic rings. The summed E-state index contributed by atoms with van der Waals surface area (Å²) in [5, 5.41) is 9.74. The second-order valence-electron chi connectivity index (χ2n) is 3.70. The minimum atomic E-state index is -1.06. The molecule has 0 aliphatic carbocycles. The molecule has 0 aliphatic heterocycles. The highest BCUT2D eigenvalue weighted by atomic mass is 35.5. The van der Waals surface area contributed by atoms with Crippen molar-refractivity contribution in [1.82, 2.24) is 15.0 Å². The van der Waals surface area contributed by atoms with E-state index in [0.717, 1.165) is 0 Å². The molecule has 5 nitrogen and oxygen atoms in total. The number of hydrogen-bond acceptors (Lipinski definition) is 4. The lowest BCUT2D eigenvalue weighted by atomic mass is 10.2. The van der Waals surface area contributed by atoms with Crippen molar-refractivity contribution in [1.29, 1.82) is 0 Å². The van der Waals surface area contributed by atoms with Gasteiger partial charge in [0.2, 0.25) is 0 Å². The fraction of sp³-hybridized carbons (Fsp3) is 0.167. The number of pyridine rings is 1. The maximum Gasteiger partial charge on any atom is 0.339 e. The van der Waals surface area contributed by atoms with Gasteiger partial charge in [0.1, 0.15) is 5.69 Å². The van der Waals surface area contributed by atoms with Crippen LogP contribution in [-0.2, 0) is 6.42 Å². The summed E-state index contributed by atoms with van der Waals surface area (Å²) >= 11 is 11.8. The average molecular weight is 298 g/mol. The molecule has 98 valence electrons. The lowest BCUT2D eigenvalue weighted by Gasteiger charge is -2.06. The van der Waals surface area contributed by atoms with E-state index in [1.807, 2.05) is 6.92 Å². The molecule has 7 heteroatoms. The van der Waals surface area contributed by atoms with Crippen LogP contribution in [0.5, 0.6) is 0 Å². The first kappa shape index (κ1) is 13.7. The van der Waals surface area contributed by atoms with Crippen LogP contribution in [0.2, 0.25) is 10.0 Å². The monoisotopic (exact) mass is 297 g/mol. The Morgan fingerprint density at radius 2 is 2.05 bits per heavy atom. The Bertz CT molecular complexity index is 647. The largest absolute Gasteiger partial charge is 0.478 e. The van der Waals surface area contributed by atoms with Crippen LogP contribution in [0.25, 0.3) is 11.5 Å². The van der Waals surface area contributed by atoms with E-state index in [-0.39, 0.29) is 11.4 Å². The Balaban J connectivity index is 2.54. The number of carboxylic acids is 1. The zero-order valence-corrected chi connectivity index (χ0v) is 11.4. The molecule has 0 unspecified atom stereocenters. The van der Waals surface area contributed by atoms with Gasteiger partial charge in [-0.1, -0.05) is 30.1 Å². The van der Waals surface area contributed by atoms with Crippen molar-refractivity contribution in [3.63, 3.8) is 0 Å². The van der Waals surface area contributed by atoms with Crippen LogP contribution in [0.4, 0.5) is 0 Å². The van der Waals surface area contributed by atoms with Crippen molar-refractivity contribution in [3.05, 3.63) is 39.8 Å². The molecule has 0 saturated heterocycles. The fourth-order valence-electron chi connectivity index (χ4n) is 1.56. The molecule has 0 aromatic carbocycles. The molecule has 2 rings (SSSR count). The number of aromatic carboxylic acids is 1. The van der Waals surface area contributed by atoms with Gasteiger partial charge in [0, 0.05) is 12.4 Å². The van der Waals surface area contributed by atoms with Crippen LogP contribution in [0.15, 0.2) is 18.5 Å². The number of halogens is 2. The smallest absolute Gasteiger partial charge is 0.339 e. The van der Waals surface area contributed by atoms with Crippen LogP contribution in [0, 0.1) is 0 Å². The second kappa shape index (κ2) is 5.50. The molecule has 2 aromatic rings. The second-order valence-corrected chi connectivity index (χ2v) is 4.54. The zero-order chi connectivity index (χ0) is 14.0. The molecular weight excluding hydrogens is 289 g/mol. The predicted molar refractivity (Wildman–Crippen MR) is 71.6 cm³/mol. The Labute approximate surface area is 119 Å². The Kier molecular flexibility index (Phi) is 3.97. The van der Waals surface area contributed by atoms with Crippen LogP contribution >= 0.6 is 23.2 Å². The lowest BCUT2D eigenvalue weighted by molar-refractivity contribution is 0.0694. The minimum Gasteiger partial charge on any atom is -0.478 e. The first-order valence-electron chi connectivity index (χ1n) is 5.43. The Hall–Kier alpha value is -1.72. The predicted octanol–water partition coefficient (Wildman–Crippen LogP) is 3.11. The Morgan fingerprint density at radius 1 is 1.32 bits per heavy atom. The lowest BCUT2D eigenvalue weighted by Crippen LogP contribution is -2.07. The van der Waals surface area contributed by atoms with Gasteiger partial charge in [-0.3, -0.25) is 0 Å². The van der Waals surface area contributed by atoms with Gasteiger partial charge in [-0.15, -0.1) is 0 Å². The van der Waals surface area contributed by atoms with Crippen LogP contribution in [0.3, 0.4) is 0 Å². The number of hydrogen-bond donors (Lipinski definition) is 1. The average Bonchev–Trinajstić information content (AvgIpc) is 2.37. The van der Waals surface area contributed by atoms with E-state index in [0.29, 0.717) is 27.9 Å². The van der Waals surface area contributed by atoms with Crippen LogP contribution in [-0.4, -0.2) is 26.0 Å². The van der Waals surface area contributed by atoms with E-state index in [1.54, 1.807) is 0 Å². The highest BCUT2D eigenvalue weighted by molar-refractivity contribution is 6.35. The molecule has 2 aromatic heterocycles. The van der Waals surface area contributed by atoms with Gasteiger partial charge in [-0.25, -0.2) is 19.7 Å². The van der Waals surface area contributed by atoms with Crippen molar-refractivity contribution < 1.29 is 9.90 Å². The van der Waals surface area contributed by atoms with Crippen LogP contribution < -0.4 is 0 Å². The summed E-state index contributed by atoms with van der Waals surface area (Å²) in [4.78, 5) is 23.2. The van der Waals surface area contributed by atoms with E-state index in [2.05, 4.69) is 15.0 Å². The van der Waals surface area contributed by atoms with Gasteiger partial charge < -0.3 is 5.11 Å². The Morgan fingerprint density at radius 3 is 2.63 bits per heavy atom. The first-order valence-corrected chi connectivity index (χ1v) is 6.19. The van der Waals surface area contributed by atoms with E-state index < -0.39 is 5.97 Å². The maximum atomic E-state index is 11.0.